The van der Waals surface area contributed by atoms with Gasteiger partial charge >= 0.3 is 0 Å². The lowest BCUT2D eigenvalue weighted by Crippen LogP contribution is -2.48. The lowest BCUT2D eigenvalue weighted by Gasteiger charge is -2.33. The molecule has 2 aromatic carbocycles. The van der Waals surface area contributed by atoms with Gasteiger partial charge in [-0.2, -0.15) is 4.31 Å². The van der Waals surface area contributed by atoms with E-state index >= 15 is 0 Å². The third-order valence-corrected chi connectivity index (χ3v) is 7.93. The van der Waals surface area contributed by atoms with Crippen molar-refractivity contribution >= 4 is 21.4 Å². The van der Waals surface area contributed by atoms with E-state index < -0.39 is 15.8 Å². The van der Waals surface area contributed by atoms with Crippen molar-refractivity contribution in [2.45, 2.75) is 18.4 Å². The maximum Gasteiger partial charge on any atom is 0.243 e. The van der Waals surface area contributed by atoms with Crippen molar-refractivity contribution < 1.29 is 12.8 Å². The normalized spacial score (nSPS) is 16.2. The maximum atomic E-state index is 13.1. The molecule has 1 aliphatic rings. The smallest absolute Gasteiger partial charge is 0.243 e. The van der Waals surface area contributed by atoms with Crippen LogP contribution in [0.5, 0.6) is 0 Å². The molecule has 1 aliphatic heterocycles. The highest BCUT2D eigenvalue weighted by molar-refractivity contribution is 7.89. The summed E-state index contributed by atoms with van der Waals surface area (Å²) in [5, 5.41) is 3.08. The van der Waals surface area contributed by atoms with Crippen molar-refractivity contribution in [2.24, 2.45) is 0 Å². The number of halogens is 1. The number of nitrogens with zero attached hydrogens (tertiary/aromatic N) is 3. The van der Waals surface area contributed by atoms with Crippen molar-refractivity contribution in [1.82, 2.24) is 14.2 Å². The van der Waals surface area contributed by atoms with Gasteiger partial charge in [0.05, 0.1) is 10.6 Å². The minimum atomic E-state index is -3.59. The summed E-state index contributed by atoms with van der Waals surface area (Å²) >= 11 is 1.63. The number of rotatable bonds is 5. The molecule has 3 aromatic rings. The summed E-state index contributed by atoms with van der Waals surface area (Å²) in [5.74, 6) is -0.443. The second-order valence-corrected chi connectivity index (χ2v) is 9.89. The summed E-state index contributed by atoms with van der Waals surface area (Å²) in [7, 11) is -3.59. The van der Waals surface area contributed by atoms with E-state index in [1.165, 1.54) is 34.1 Å². The molecule has 0 unspecified atom stereocenters. The molecule has 0 bridgehead atoms. The van der Waals surface area contributed by atoms with E-state index in [2.05, 4.69) is 29.3 Å². The van der Waals surface area contributed by atoms with Gasteiger partial charge < -0.3 is 0 Å². The van der Waals surface area contributed by atoms with Crippen molar-refractivity contribution in [3.8, 4) is 10.6 Å². The molecular weight excluding hydrogens is 409 g/mol. The minimum absolute atomic E-state index is 0.134. The van der Waals surface area contributed by atoms with Gasteiger partial charge in [0.2, 0.25) is 10.0 Å². The highest BCUT2D eigenvalue weighted by Gasteiger charge is 2.28. The predicted molar refractivity (Wildman–Crippen MR) is 113 cm³/mol. The fraction of sp³-hybridized carbons (Fsp3) is 0.286. The highest BCUT2D eigenvalue weighted by atomic mass is 32.2. The molecule has 0 N–H and O–H groups in total. The molecule has 0 saturated carbocycles. The van der Waals surface area contributed by atoms with Crippen molar-refractivity contribution in [2.75, 3.05) is 26.2 Å². The Morgan fingerprint density at radius 1 is 1.03 bits per heavy atom. The molecule has 8 heteroatoms. The first-order valence-electron chi connectivity index (χ1n) is 9.42. The van der Waals surface area contributed by atoms with Gasteiger partial charge in [-0.1, -0.05) is 24.3 Å². The second-order valence-electron chi connectivity index (χ2n) is 7.09. The molecule has 0 amide bonds. The molecule has 152 valence electrons. The molecule has 4 rings (SSSR count). The van der Waals surface area contributed by atoms with E-state index in [1.54, 1.807) is 11.3 Å². The summed E-state index contributed by atoms with van der Waals surface area (Å²) in [6, 6.07) is 13.2. The van der Waals surface area contributed by atoms with Crippen LogP contribution in [-0.4, -0.2) is 48.8 Å². The summed E-state index contributed by atoms with van der Waals surface area (Å²) in [5.41, 5.74) is 3.36. The molecule has 2 heterocycles. The van der Waals surface area contributed by atoms with Crippen LogP contribution in [0.25, 0.3) is 10.6 Å². The Kier molecular flexibility index (Phi) is 5.78. The summed E-state index contributed by atoms with van der Waals surface area (Å²) in [4.78, 5) is 7.12. The number of piperazine rings is 1. The number of hydrogen-bond acceptors (Lipinski definition) is 5. The van der Waals surface area contributed by atoms with Gasteiger partial charge in [0, 0.05) is 43.7 Å². The Morgan fingerprint density at radius 2 is 1.72 bits per heavy atom. The maximum absolute atomic E-state index is 13.1. The zero-order chi connectivity index (χ0) is 20.4. The molecule has 1 fully saturated rings. The first-order valence-corrected chi connectivity index (χ1v) is 11.7. The fourth-order valence-corrected chi connectivity index (χ4v) is 5.75. The highest BCUT2D eigenvalue weighted by Crippen LogP contribution is 2.27. The SMILES string of the molecule is Cc1ccccc1-c1nc(CN2CCN(S(=O)(=O)c3ccc(F)cc3)CC2)cs1. The van der Waals surface area contributed by atoms with Crippen LogP contribution in [0.1, 0.15) is 11.3 Å². The van der Waals surface area contributed by atoms with Crippen LogP contribution in [0.4, 0.5) is 4.39 Å². The molecule has 0 atom stereocenters. The van der Waals surface area contributed by atoms with Crippen LogP contribution < -0.4 is 0 Å². The molecular formula is C21H22FN3O2S2. The topological polar surface area (TPSA) is 53.5 Å². The number of aromatic nitrogens is 1. The van der Waals surface area contributed by atoms with Crippen LogP contribution in [0.15, 0.2) is 58.8 Å². The van der Waals surface area contributed by atoms with Gasteiger partial charge in [0.25, 0.3) is 0 Å². The van der Waals surface area contributed by atoms with E-state index in [9.17, 15) is 12.8 Å². The predicted octanol–water partition coefficient (Wildman–Crippen LogP) is 3.76. The van der Waals surface area contributed by atoms with Gasteiger partial charge in [-0.3, -0.25) is 4.90 Å². The third-order valence-electron chi connectivity index (χ3n) is 5.10. The van der Waals surface area contributed by atoms with Crippen LogP contribution in [0.2, 0.25) is 0 Å². The number of sulfonamides is 1. The van der Waals surface area contributed by atoms with Gasteiger partial charge in [0.15, 0.2) is 0 Å². The lowest BCUT2D eigenvalue weighted by molar-refractivity contribution is 0.180. The second kappa shape index (κ2) is 8.31. The molecule has 29 heavy (non-hydrogen) atoms. The largest absolute Gasteiger partial charge is 0.295 e. The molecule has 0 radical (unpaired) electrons. The van der Waals surface area contributed by atoms with Crippen LogP contribution in [0, 0.1) is 12.7 Å². The molecule has 1 aromatic heterocycles. The fourth-order valence-electron chi connectivity index (χ4n) is 3.43. The standard InChI is InChI=1S/C21H22FN3O2S2/c1-16-4-2-3-5-20(16)21-23-18(15-28-21)14-24-10-12-25(13-11-24)29(26,27)19-8-6-17(22)7-9-19/h2-9,15H,10-14H2,1H3. The van der Waals surface area contributed by atoms with Gasteiger partial charge in [-0.15, -0.1) is 11.3 Å². The molecule has 1 saturated heterocycles. The van der Waals surface area contributed by atoms with Crippen LogP contribution >= 0.6 is 11.3 Å². The van der Waals surface area contributed by atoms with Gasteiger partial charge in [0.1, 0.15) is 10.8 Å². The average molecular weight is 432 g/mol. The summed E-state index contributed by atoms with van der Waals surface area (Å²) in [6.45, 7) is 4.88. The first kappa shape index (κ1) is 20.2. The van der Waals surface area contributed by atoms with Crippen molar-refractivity contribution in [1.29, 1.82) is 0 Å². The van der Waals surface area contributed by atoms with Gasteiger partial charge in [-0.25, -0.2) is 17.8 Å². The Hall–Kier alpha value is -2.13. The third kappa shape index (κ3) is 4.40. The lowest BCUT2D eigenvalue weighted by atomic mass is 10.1. The Bertz CT molecular complexity index is 1090. The van der Waals surface area contributed by atoms with E-state index in [4.69, 9.17) is 4.98 Å². The van der Waals surface area contributed by atoms with Crippen LogP contribution in [0.3, 0.4) is 0 Å². The summed E-state index contributed by atoms with van der Waals surface area (Å²) in [6.07, 6.45) is 0. The zero-order valence-electron chi connectivity index (χ0n) is 16.1. The molecule has 5 nitrogen and oxygen atoms in total. The van der Waals surface area contributed by atoms with E-state index in [-0.39, 0.29) is 4.90 Å². The average Bonchev–Trinajstić information content (AvgIpc) is 3.17. The van der Waals surface area contributed by atoms with E-state index in [0.29, 0.717) is 32.7 Å². The van der Waals surface area contributed by atoms with Crippen molar-refractivity contribution in [3.63, 3.8) is 0 Å². The Labute approximate surface area is 174 Å². The minimum Gasteiger partial charge on any atom is -0.295 e. The Balaban J connectivity index is 1.38. The summed E-state index contributed by atoms with van der Waals surface area (Å²) < 4.78 is 40.0. The van der Waals surface area contributed by atoms with E-state index in [1.807, 2.05) is 12.1 Å². The zero-order valence-corrected chi connectivity index (χ0v) is 17.7. The number of thiazole rings is 1. The molecule has 0 spiro atoms. The first-order chi connectivity index (χ1) is 13.9. The monoisotopic (exact) mass is 431 g/mol. The quantitative estimate of drug-likeness (QED) is 0.617. The number of aryl methyl sites for hydroxylation is 1. The number of benzene rings is 2. The van der Waals surface area contributed by atoms with Crippen molar-refractivity contribution in [3.05, 3.63) is 71.0 Å². The number of hydrogen-bond donors (Lipinski definition) is 0. The Morgan fingerprint density at radius 3 is 2.41 bits per heavy atom. The van der Waals surface area contributed by atoms with Gasteiger partial charge in [-0.05, 0) is 36.8 Å². The molecule has 0 aliphatic carbocycles. The van der Waals surface area contributed by atoms with Crippen LogP contribution in [-0.2, 0) is 16.6 Å². The van der Waals surface area contributed by atoms with E-state index in [0.717, 1.165) is 16.3 Å².